The predicted molar refractivity (Wildman–Crippen MR) is 114 cm³/mol. The first kappa shape index (κ1) is 20.4. The topological polar surface area (TPSA) is 78.9 Å². The van der Waals surface area contributed by atoms with Crippen LogP contribution in [-0.2, 0) is 4.79 Å². The van der Waals surface area contributed by atoms with Gasteiger partial charge in [-0.2, -0.15) is 0 Å². The Kier molecular flexibility index (Phi) is 6.46. The number of ether oxygens (including phenoxy) is 1. The Hall–Kier alpha value is -3.38. The van der Waals surface area contributed by atoms with Gasteiger partial charge in [0.1, 0.15) is 5.75 Å². The third kappa shape index (κ3) is 5.12. The van der Waals surface area contributed by atoms with E-state index in [9.17, 15) is 14.7 Å². The van der Waals surface area contributed by atoms with Crippen molar-refractivity contribution in [3.05, 3.63) is 71.3 Å². The van der Waals surface area contributed by atoms with E-state index in [0.29, 0.717) is 0 Å². The lowest BCUT2D eigenvalue weighted by molar-refractivity contribution is -0.111. The number of nitrogens with zero attached hydrogens (tertiary/aromatic N) is 1. The highest BCUT2D eigenvalue weighted by Gasteiger charge is 2.14. The van der Waals surface area contributed by atoms with E-state index < -0.39 is 11.9 Å². The molecule has 1 amide bonds. The monoisotopic (exact) mass is 392 g/mol. The molecule has 0 radical (unpaired) electrons. The lowest BCUT2D eigenvalue weighted by Crippen LogP contribution is -2.23. The van der Waals surface area contributed by atoms with Gasteiger partial charge >= 0.3 is 5.97 Å². The number of carbonyl (C=O) groups excluding carboxylic acids is 1. The van der Waals surface area contributed by atoms with Crippen LogP contribution in [0.25, 0.3) is 11.6 Å². The van der Waals surface area contributed by atoms with Crippen molar-refractivity contribution < 1.29 is 19.4 Å². The molecule has 0 bridgehead atoms. The van der Waals surface area contributed by atoms with Crippen LogP contribution in [0.5, 0.6) is 5.75 Å². The second kappa shape index (κ2) is 9.21. The van der Waals surface area contributed by atoms with Gasteiger partial charge < -0.3 is 20.1 Å². The van der Waals surface area contributed by atoms with Gasteiger partial charge in [0.05, 0.1) is 18.4 Å². The quantitative estimate of drug-likeness (QED) is 0.732. The number of para-hydroxylation sites is 1. The summed E-state index contributed by atoms with van der Waals surface area (Å²) >= 11 is 0. The van der Waals surface area contributed by atoms with Crippen LogP contribution in [0.2, 0.25) is 0 Å². The zero-order valence-corrected chi connectivity index (χ0v) is 16.5. The average molecular weight is 392 g/mol. The van der Waals surface area contributed by atoms with E-state index in [-0.39, 0.29) is 11.3 Å². The van der Waals surface area contributed by atoms with Gasteiger partial charge in [0.2, 0.25) is 5.91 Å². The minimum absolute atomic E-state index is 0.0511. The van der Waals surface area contributed by atoms with Crippen molar-refractivity contribution in [2.45, 2.75) is 6.42 Å². The number of methoxy groups -OCH3 is 1. The van der Waals surface area contributed by atoms with E-state index in [1.165, 1.54) is 17.7 Å². The number of anilines is 1. The summed E-state index contributed by atoms with van der Waals surface area (Å²) in [6, 6.07) is 12.1. The number of amides is 1. The van der Waals surface area contributed by atoms with E-state index in [0.717, 1.165) is 36.4 Å². The van der Waals surface area contributed by atoms with Crippen LogP contribution in [0.15, 0.2) is 54.6 Å². The van der Waals surface area contributed by atoms with Crippen LogP contribution in [0.1, 0.15) is 27.9 Å². The zero-order chi connectivity index (χ0) is 20.8. The van der Waals surface area contributed by atoms with Crippen molar-refractivity contribution in [3.8, 4) is 5.75 Å². The van der Waals surface area contributed by atoms with Gasteiger partial charge in [-0.05, 0) is 54.9 Å². The molecule has 0 atom stereocenters. The van der Waals surface area contributed by atoms with E-state index >= 15 is 0 Å². The summed E-state index contributed by atoms with van der Waals surface area (Å²) in [5, 5.41) is 11.8. The summed E-state index contributed by atoms with van der Waals surface area (Å²) in [4.78, 5) is 25.8. The number of carboxylic acids is 1. The first-order chi connectivity index (χ1) is 14.0. The Morgan fingerprint density at radius 1 is 1.21 bits per heavy atom. The molecule has 29 heavy (non-hydrogen) atoms. The minimum atomic E-state index is -1.09. The summed E-state index contributed by atoms with van der Waals surface area (Å²) in [7, 11) is 3.74. The normalized spacial score (nSPS) is 14.5. The number of carboxylic acid groups (broad SMARTS) is 1. The van der Waals surface area contributed by atoms with E-state index in [1.54, 1.807) is 31.4 Å². The van der Waals surface area contributed by atoms with Crippen molar-refractivity contribution >= 4 is 29.2 Å². The largest absolute Gasteiger partial charge is 0.496 e. The maximum absolute atomic E-state index is 12.3. The summed E-state index contributed by atoms with van der Waals surface area (Å²) in [5.41, 5.74) is 3.44. The van der Waals surface area contributed by atoms with E-state index in [4.69, 9.17) is 4.74 Å². The molecule has 0 aliphatic carbocycles. The molecule has 2 N–H and O–H groups in total. The highest BCUT2D eigenvalue weighted by molar-refractivity contribution is 6.06. The number of aromatic carboxylic acids is 1. The summed E-state index contributed by atoms with van der Waals surface area (Å²) in [5.74, 6) is -0.677. The number of likely N-dealkylation sites (N-methyl/N-ethyl adjacent to an activating group) is 1. The molecule has 2 aromatic carbocycles. The number of rotatable bonds is 6. The van der Waals surface area contributed by atoms with Crippen LogP contribution in [0.4, 0.5) is 5.69 Å². The molecule has 1 aliphatic rings. The molecular formula is C23H24N2O4. The predicted octanol–water partition coefficient (Wildman–Crippen LogP) is 3.76. The standard InChI is InChI=1S/C23H24N2O4/c1-25-13-11-17(12-14-25)19-15-16(7-9-21(19)29-2)8-10-22(26)24-20-6-4-3-5-18(20)23(27)28/h3-11,15H,12-14H2,1-2H3,(H,24,26)(H,27,28). The summed E-state index contributed by atoms with van der Waals surface area (Å²) < 4.78 is 5.51. The third-order valence-corrected chi connectivity index (χ3v) is 4.82. The maximum atomic E-state index is 12.3. The summed E-state index contributed by atoms with van der Waals surface area (Å²) in [6.45, 7) is 1.88. The molecule has 3 rings (SSSR count). The molecule has 0 fully saturated rings. The number of benzene rings is 2. The highest BCUT2D eigenvalue weighted by atomic mass is 16.5. The fourth-order valence-electron chi connectivity index (χ4n) is 3.22. The molecule has 0 spiro atoms. The Morgan fingerprint density at radius 2 is 2.00 bits per heavy atom. The molecule has 0 saturated heterocycles. The first-order valence-corrected chi connectivity index (χ1v) is 9.35. The van der Waals surface area contributed by atoms with Crippen molar-refractivity contribution in [3.63, 3.8) is 0 Å². The second-order valence-electron chi connectivity index (χ2n) is 6.87. The van der Waals surface area contributed by atoms with Crippen molar-refractivity contribution in [2.75, 3.05) is 32.6 Å². The molecular weight excluding hydrogens is 368 g/mol. The van der Waals surface area contributed by atoms with Crippen molar-refractivity contribution in [2.24, 2.45) is 0 Å². The summed E-state index contributed by atoms with van der Waals surface area (Å²) in [6.07, 6.45) is 6.24. The van der Waals surface area contributed by atoms with Gasteiger partial charge in [-0.3, -0.25) is 4.79 Å². The Morgan fingerprint density at radius 3 is 2.69 bits per heavy atom. The van der Waals surface area contributed by atoms with E-state index in [1.807, 2.05) is 18.2 Å². The van der Waals surface area contributed by atoms with Crippen LogP contribution in [0, 0.1) is 0 Å². The number of carbonyl (C=O) groups is 2. The lowest BCUT2D eigenvalue weighted by Gasteiger charge is -2.23. The molecule has 1 heterocycles. The minimum Gasteiger partial charge on any atom is -0.496 e. The Labute approximate surface area is 170 Å². The fourth-order valence-corrected chi connectivity index (χ4v) is 3.22. The van der Waals surface area contributed by atoms with Crippen LogP contribution in [0.3, 0.4) is 0 Å². The second-order valence-corrected chi connectivity index (χ2v) is 6.87. The number of hydrogen-bond acceptors (Lipinski definition) is 4. The van der Waals surface area contributed by atoms with Crippen LogP contribution in [-0.4, -0.2) is 49.1 Å². The Bertz CT molecular complexity index is 979. The van der Waals surface area contributed by atoms with Gasteiger partial charge in [-0.25, -0.2) is 4.79 Å². The van der Waals surface area contributed by atoms with Crippen LogP contribution >= 0.6 is 0 Å². The third-order valence-electron chi connectivity index (χ3n) is 4.82. The van der Waals surface area contributed by atoms with Gasteiger partial charge in [-0.1, -0.05) is 24.3 Å². The average Bonchev–Trinajstić information content (AvgIpc) is 2.73. The molecule has 0 saturated carbocycles. The van der Waals surface area contributed by atoms with Gasteiger partial charge in [0.25, 0.3) is 0 Å². The van der Waals surface area contributed by atoms with Gasteiger partial charge in [0.15, 0.2) is 0 Å². The zero-order valence-electron chi connectivity index (χ0n) is 16.5. The fraction of sp³-hybridized carbons (Fsp3) is 0.217. The number of nitrogens with one attached hydrogen (secondary N) is 1. The van der Waals surface area contributed by atoms with Gasteiger partial charge in [-0.15, -0.1) is 0 Å². The Balaban J connectivity index is 1.78. The van der Waals surface area contributed by atoms with Crippen LogP contribution < -0.4 is 10.1 Å². The van der Waals surface area contributed by atoms with Crippen molar-refractivity contribution in [1.82, 2.24) is 4.90 Å². The smallest absolute Gasteiger partial charge is 0.337 e. The lowest BCUT2D eigenvalue weighted by atomic mass is 9.96. The van der Waals surface area contributed by atoms with E-state index in [2.05, 4.69) is 23.3 Å². The SMILES string of the molecule is COc1ccc(C=CC(=O)Nc2ccccc2C(=O)O)cc1C1=CCN(C)CC1. The number of hydrogen-bond donors (Lipinski definition) is 2. The molecule has 6 heteroatoms. The maximum Gasteiger partial charge on any atom is 0.337 e. The molecule has 0 unspecified atom stereocenters. The molecule has 150 valence electrons. The van der Waals surface area contributed by atoms with Gasteiger partial charge in [0, 0.05) is 24.7 Å². The molecule has 2 aromatic rings. The molecule has 1 aliphatic heterocycles. The highest BCUT2D eigenvalue weighted by Crippen LogP contribution is 2.31. The first-order valence-electron chi connectivity index (χ1n) is 9.35. The van der Waals surface area contributed by atoms with Crippen molar-refractivity contribution in [1.29, 1.82) is 0 Å². The molecule has 0 aromatic heterocycles. The molecule has 6 nitrogen and oxygen atoms in total.